The molecule has 0 radical (unpaired) electrons. The molecule has 0 bridgehead atoms. The molecule has 0 heterocycles. The summed E-state index contributed by atoms with van der Waals surface area (Å²) in [6.45, 7) is 12.6. The third kappa shape index (κ3) is 5.51. The van der Waals surface area contributed by atoms with E-state index in [-0.39, 0.29) is 0 Å². The average molecular weight is 181 g/mol. The smallest absolute Gasteiger partial charge is 0.0103 e. The normalized spacial score (nSPS) is 14.4. The zero-order valence-corrected chi connectivity index (χ0v) is 9.43. The summed E-state index contributed by atoms with van der Waals surface area (Å²) in [7, 11) is 0. The minimum absolute atomic E-state index is 0.758. The molecule has 76 valence electrons. The molecule has 0 fully saturated rings. The van der Waals surface area contributed by atoms with Gasteiger partial charge in [0.1, 0.15) is 0 Å². The van der Waals surface area contributed by atoms with E-state index in [1.54, 1.807) is 6.20 Å². The molecule has 1 unspecified atom stereocenters. The summed E-state index contributed by atoms with van der Waals surface area (Å²) in [5.74, 6) is 1.52. The molecular weight excluding hydrogens is 158 g/mol. The molecular formula is C12H23N. The number of rotatable bonds is 6. The van der Waals surface area contributed by atoms with E-state index in [0.717, 1.165) is 24.7 Å². The lowest BCUT2D eigenvalue weighted by atomic mass is 9.94. The van der Waals surface area contributed by atoms with Gasteiger partial charge in [0.2, 0.25) is 0 Å². The Balaban J connectivity index is 3.97. The predicted molar refractivity (Wildman–Crippen MR) is 60.3 cm³/mol. The van der Waals surface area contributed by atoms with Gasteiger partial charge in [-0.15, -0.1) is 0 Å². The zero-order chi connectivity index (χ0) is 10.3. The first kappa shape index (κ1) is 12.3. The van der Waals surface area contributed by atoms with Crippen molar-refractivity contribution in [3.63, 3.8) is 0 Å². The van der Waals surface area contributed by atoms with Crippen LogP contribution in [-0.2, 0) is 0 Å². The second-order valence-corrected chi connectivity index (χ2v) is 3.89. The third-order valence-corrected chi connectivity index (χ3v) is 2.54. The van der Waals surface area contributed by atoms with Gasteiger partial charge in [0.15, 0.2) is 0 Å². The van der Waals surface area contributed by atoms with Gasteiger partial charge in [0.05, 0.1) is 0 Å². The molecule has 0 aromatic carbocycles. The predicted octanol–water partition coefficient (Wildman–Crippen LogP) is 3.70. The van der Waals surface area contributed by atoms with Crippen LogP contribution in [0, 0.1) is 11.8 Å². The Labute approximate surface area is 82.9 Å². The number of hydrogen-bond acceptors (Lipinski definition) is 1. The molecule has 0 aromatic rings. The molecule has 0 saturated heterocycles. The van der Waals surface area contributed by atoms with E-state index in [1.807, 2.05) is 0 Å². The molecule has 1 heteroatoms. The van der Waals surface area contributed by atoms with E-state index in [0.29, 0.717) is 0 Å². The van der Waals surface area contributed by atoms with Crippen LogP contribution in [0.5, 0.6) is 0 Å². The average Bonchev–Trinajstić information content (AvgIpc) is 2.11. The van der Waals surface area contributed by atoms with Crippen molar-refractivity contribution in [3.05, 3.63) is 24.6 Å². The summed E-state index contributed by atoms with van der Waals surface area (Å²) in [5.41, 5.74) is 1.28. The van der Waals surface area contributed by atoms with Crippen molar-refractivity contribution in [2.75, 3.05) is 0 Å². The van der Waals surface area contributed by atoms with Crippen LogP contribution in [0.25, 0.3) is 0 Å². The van der Waals surface area contributed by atoms with E-state index in [9.17, 15) is 0 Å². The third-order valence-electron chi connectivity index (χ3n) is 2.54. The number of hydrogen-bond donors (Lipinski definition) is 1. The molecule has 0 aliphatic rings. The lowest BCUT2D eigenvalue weighted by Gasteiger charge is -2.13. The van der Waals surface area contributed by atoms with Gasteiger partial charge < -0.3 is 5.32 Å². The Morgan fingerprint density at radius 3 is 2.38 bits per heavy atom. The molecule has 0 rings (SSSR count). The largest absolute Gasteiger partial charge is 0.366 e. The van der Waals surface area contributed by atoms with Crippen LogP contribution in [0.3, 0.4) is 0 Å². The molecule has 1 atom stereocenters. The Hall–Kier alpha value is -0.720. The maximum absolute atomic E-state index is 3.66. The first-order valence-electron chi connectivity index (χ1n) is 5.18. The second kappa shape index (κ2) is 6.76. The SMILES string of the molecule is C=CN/C(=C/CC(C)C(C)C)CC. The van der Waals surface area contributed by atoms with Crippen molar-refractivity contribution < 1.29 is 0 Å². The molecule has 0 aromatic heterocycles. The first-order chi connectivity index (χ1) is 6.11. The second-order valence-electron chi connectivity index (χ2n) is 3.89. The van der Waals surface area contributed by atoms with E-state index in [4.69, 9.17) is 0 Å². The highest BCUT2D eigenvalue weighted by atomic mass is 14.8. The van der Waals surface area contributed by atoms with Gasteiger partial charge in [0.25, 0.3) is 0 Å². The highest BCUT2D eigenvalue weighted by molar-refractivity contribution is 5.02. The van der Waals surface area contributed by atoms with Gasteiger partial charge in [0, 0.05) is 5.70 Å². The van der Waals surface area contributed by atoms with E-state index < -0.39 is 0 Å². The maximum Gasteiger partial charge on any atom is 0.0103 e. The molecule has 0 amide bonds. The van der Waals surface area contributed by atoms with Crippen LogP contribution in [0.1, 0.15) is 40.5 Å². The van der Waals surface area contributed by atoms with Crippen LogP contribution in [0.15, 0.2) is 24.6 Å². The summed E-state index contributed by atoms with van der Waals surface area (Å²) < 4.78 is 0. The van der Waals surface area contributed by atoms with E-state index in [1.165, 1.54) is 5.70 Å². The van der Waals surface area contributed by atoms with Gasteiger partial charge >= 0.3 is 0 Å². The minimum Gasteiger partial charge on any atom is -0.366 e. The van der Waals surface area contributed by atoms with Gasteiger partial charge in [-0.2, -0.15) is 0 Å². The molecule has 13 heavy (non-hydrogen) atoms. The Morgan fingerprint density at radius 1 is 1.38 bits per heavy atom. The van der Waals surface area contributed by atoms with Crippen LogP contribution in [0.2, 0.25) is 0 Å². The maximum atomic E-state index is 3.66. The summed E-state index contributed by atoms with van der Waals surface area (Å²) in [6.07, 6.45) is 6.24. The Bertz CT molecular complexity index is 168. The van der Waals surface area contributed by atoms with Crippen molar-refractivity contribution in [3.8, 4) is 0 Å². The lowest BCUT2D eigenvalue weighted by molar-refractivity contribution is 0.422. The fourth-order valence-electron chi connectivity index (χ4n) is 1.04. The van der Waals surface area contributed by atoms with Crippen LogP contribution in [-0.4, -0.2) is 0 Å². The molecule has 0 aliphatic heterocycles. The summed E-state index contributed by atoms with van der Waals surface area (Å²) in [5, 5.41) is 3.15. The fourth-order valence-corrected chi connectivity index (χ4v) is 1.04. The topological polar surface area (TPSA) is 12.0 Å². The van der Waals surface area contributed by atoms with Crippen molar-refractivity contribution in [1.82, 2.24) is 5.32 Å². The van der Waals surface area contributed by atoms with Crippen LogP contribution >= 0.6 is 0 Å². The van der Waals surface area contributed by atoms with Crippen molar-refractivity contribution in [2.45, 2.75) is 40.5 Å². The highest BCUT2D eigenvalue weighted by Crippen LogP contribution is 2.15. The standard InChI is InChI=1S/C12H23N/c1-6-12(13-7-2)9-8-11(5)10(3)4/h7,9-11,13H,2,6,8H2,1,3-5H3/b12-9+. The minimum atomic E-state index is 0.758. The molecule has 0 saturated carbocycles. The monoisotopic (exact) mass is 181 g/mol. The van der Waals surface area contributed by atoms with Gasteiger partial charge in [-0.25, -0.2) is 0 Å². The van der Waals surface area contributed by atoms with Gasteiger partial charge in [-0.1, -0.05) is 40.3 Å². The van der Waals surface area contributed by atoms with E-state index >= 15 is 0 Å². The summed E-state index contributed by atoms with van der Waals surface area (Å²) >= 11 is 0. The molecule has 0 spiro atoms. The van der Waals surface area contributed by atoms with E-state index in [2.05, 4.69) is 45.7 Å². The Morgan fingerprint density at radius 2 is 2.00 bits per heavy atom. The molecule has 0 aliphatic carbocycles. The number of allylic oxidation sites excluding steroid dienone is 2. The summed E-state index contributed by atoms with van der Waals surface area (Å²) in [6, 6.07) is 0. The summed E-state index contributed by atoms with van der Waals surface area (Å²) in [4.78, 5) is 0. The zero-order valence-electron chi connectivity index (χ0n) is 9.43. The lowest BCUT2D eigenvalue weighted by Crippen LogP contribution is -2.06. The van der Waals surface area contributed by atoms with Crippen molar-refractivity contribution in [2.24, 2.45) is 11.8 Å². The van der Waals surface area contributed by atoms with Crippen molar-refractivity contribution in [1.29, 1.82) is 0 Å². The van der Waals surface area contributed by atoms with Gasteiger partial charge in [-0.05, 0) is 30.9 Å². The molecule has 1 nitrogen and oxygen atoms in total. The highest BCUT2D eigenvalue weighted by Gasteiger charge is 2.04. The van der Waals surface area contributed by atoms with Crippen molar-refractivity contribution >= 4 is 0 Å². The van der Waals surface area contributed by atoms with Crippen LogP contribution in [0.4, 0.5) is 0 Å². The quantitative estimate of drug-likeness (QED) is 0.659. The Kier molecular flexibility index (Phi) is 6.38. The van der Waals surface area contributed by atoms with Crippen LogP contribution < -0.4 is 5.32 Å². The fraction of sp³-hybridized carbons (Fsp3) is 0.667. The van der Waals surface area contributed by atoms with Gasteiger partial charge in [-0.3, -0.25) is 0 Å². The molecule has 1 N–H and O–H groups in total. The first-order valence-corrected chi connectivity index (χ1v) is 5.18. The number of nitrogens with one attached hydrogen (secondary N) is 1.